The van der Waals surface area contributed by atoms with E-state index in [1.807, 2.05) is 0 Å². The van der Waals surface area contributed by atoms with Crippen LogP contribution in [-0.4, -0.2) is 24.7 Å². The molecule has 0 unspecified atom stereocenters. The molecule has 2 aromatic rings. The van der Waals surface area contributed by atoms with Crippen LogP contribution in [0.5, 0.6) is 11.5 Å². The number of nitrogens with zero attached hydrogens (tertiary/aromatic N) is 1. The zero-order valence-corrected chi connectivity index (χ0v) is 13.9. The highest BCUT2D eigenvalue weighted by atomic mass is 35.5. The van der Waals surface area contributed by atoms with Crippen LogP contribution in [0.2, 0.25) is 10.0 Å². The number of methoxy groups -OCH3 is 2. The number of ether oxygens (including phenoxy) is 2. The Morgan fingerprint density at radius 2 is 1.96 bits per heavy atom. The summed E-state index contributed by atoms with van der Waals surface area (Å²) in [6.45, 7) is -0.237. The largest absolute Gasteiger partial charge is 0.497 e. The smallest absolute Gasteiger partial charge is 0.269 e. The molecule has 8 heteroatoms. The highest BCUT2D eigenvalue weighted by molar-refractivity contribution is 6.34. The highest BCUT2D eigenvalue weighted by Gasteiger charge is 2.12. The second-order valence-corrected chi connectivity index (χ2v) is 5.40. The number of carbonyl (C=O) groups excluding carboxylic acids is 1. The molecule has 1 N–H and O–H groups in total. The minimum atomic E-state index is -0.496. The maximum absolute atomic E-state index is 12.2. The Hall–Kier alpha value is -2.18. The van der Waals surface area contributed by atoms with Gasteiger partial charge in [0.2, 0.25) is 5.91 Å². The third-order valence-electron chi connectivity index (χ3n) is 3.00. The van der Waals surface area contributed by atoms with E-state index in [0.29, 0.717) is 17.2 Å². The number of rotatable bonds is 5. The fourth-order valence-corrected chi connectivity index (χ4v) is 2.45. The van der Waals surface area contributed by atoms with Gasteiger partial charge in [-0.15, -0.1) is 0 Å². The molecule has 0 aliphatic heterocycles. The van der Waals surface area contributed by atoms with E-state index in [4.69, 9.17) is 32.7 Å². The number of amides is 1. The summed E-state index contributed by atoms with van der Waals surface area (Å²) in [6, 6.07) is 6.31. The molecular formula is C15H14Cl2N2O4. The van der Waals surface area contributed by atoms with Crippen LogP contribution in [0.3, 0.4) is 0 Å². The van der Waals surface area contributed by atoms with Gasteiger partial charge in [0.15, 0.2) is 0 Å². The summed E-state index contributed by atoms with van der Waals surface area (Å²) in [5, 5.41) is 2.87. The van der Waals surface area contributed by atoms with Gasteiger partial charge in [-0.1, -0.05) is 23.2 Å². The van der Waals surface area contributed by atoms with Crippen molar-refractivity contribution in [2.45, 2.75) is 6.54 Å². The van der Waals surface area contributed by atoms with Crippen LogP contribution in [0, 0.1) is 0 Å². The van der Waals surface area contributed by atoms with Crippen LogP contribution < -0.4 is 20.3 Å². The maximum atomic E-state index is 12.2. The number of nitrogens with one attached hydrogen (secondary N) is 1. The number of halogens is 2. The lowest BCUT2D eigenvalue weighted by molar-refractivity contribution is -0.116. The van der Waals surface area contributed by atoms with E-state index in [-0.39, 0.29) is 16.6 Å². The second-order valence-electron chi connectivity index (χ2n) is 4.55. The highest BCUT2D eigenvalue weighted by Crippen LogP contribution is 2.28. The first-order chi connectivity index (χ1) is 10.9. The molecule has 0 saturated carbocycles. The number of carbonyl (C=O) groups is 1. The van der Waals surface area contributed by atoms with Crippen LogP contribution in [0.1, 0.15) is 0 Å². The summed E-state index contributed by atoms with van der Waals surface area (Å²) in [7, 11) is 3.00. The van der Waals surface area contributed by atoms with Crippen LogP contribution in [0.25, 0.3) is 0 Å². The molecular weight excluding hydrogens is 343 g/mol. The maximum Gasteiger partial charge on any atom is 0.269 e. The first-order valence-corrected chi connectivity index (χ1v) is 7.27. The fourth-order valence-electron chi connectivity index (χ4n) is 1.94. The molecule has 0 spiro atoms. The van der Waals surface area contributed by atoms with Crippen LogP contribution in [0.4, 0.5) is 5.69 Å². The Balaban J connectivity index is 2.22. The topological polar surface area (TPSA) is 69.6 Å². The van der Waals surface area contributed by atoms with E-state index in [9.17, 15) is 9.59 Å². The standard InChI is InChI=1S/C15H14Cl2N2O4/c1-22-10-3-4-13(23-2)12(6-10)18-14(20)8-19-7-9(16)5-11(17)15(19)21/h3-7H,8H2,1-2H3,(H,18,20). The number of benzene rings is 1. The third kappa shape index (κ3) is 4.18. The predicted molar refractivity (Wildman–Crippen MR) is 88.9 cm³/mol. The Bertz CT molecular complexity index is 790. The van der Waals surface area contributed by atoms with E-state index >= 15 is 0 Å². The fraction of sp³-hybridized carbons (Fsp3) is 0.200. The van der Waals surface area contributed by atoms with E-state index in [0.717, 1.165) is 4.57 Å². The predicted octanol–water partition coefficient (Wildman–Crippen LogP) is 2.81. The van der Waals surface area contributed by atoms with Crippen LogP contribution in [-0.2, 0) is 11.3 Å². The van der Waals surface area contributed by atoms with Gasteiger partial charge in [-0.2, -0.15) is 0 Å². The molecule has 0 atom stereocenters. The molecule has 0 saturated heterocycles. The molecule has 0 bridgehead atoms. The van der Waals surface area contributed by atoms with Crippen LogP contribution in [0.15, 0.2) is 35.3 Å². The normalized spacial score (nSPS) is 10.3. The minimum Gasteiger partial charge on any atom is -0.497 e. The van der Waals surface area contributed by atoms with Crippen molar-refractivity contribution in [3.63, 3.8) is 0 Å². The number of anilines is 1. The van der Waals surface area contributed by atoms with Gasteiger partial charge in [-0.05, 0) is 18.2 Å². The summed E-state index contributed by atoms with van der Waals surface area (Å²) < 4.78 is 11.4. The van der Waals surface area contributed by atoms with Gasteiger partial charge < -0.3 is 19.4 Å². The monoisotopic (exact) mass is 356 g/mol. The zero-order chi connectivity index (χ0) is 17.0. The van der Waals surface area contributed by atoms with Crippen molar-refractivity contribution < 1.29 is 14.3 Å². The van der Waals surface area contributed by atoms with Gasteiger partial charge in [-0.25, -0.2) is 0 Å². The Morgan fingerprint density at radius 3 is 2.61 bits per heavy atom. The number of aromatic nitrogens is 1. The first kappa shape index (κ1) is 17.2. The van der Waals surface area contributed by atoms with Gasteiger partial charge in [0.1, 0.15) is 23.1 Å². The second kappa shape index (κ2) is 7.39. The molecule has 6 nitrogen and oxygen atoms in total. The average Bonchev–Trinajstić information content (AvgIpc) is 2.51. The molecule has 0 fully saturated rings. The molecule has 0 aliphatic carbocycles. The summed E-state index contributed by atoms with van der Waals surface area (Å²) in [4.78, 5) is 24.1. The number of hydrogen-bond donors (Lipinski definition) is 1. The van der Waals surface area contributed by atoms with E-state index < -0.39 is 11.5 Å². The van der Waals surface area contributed by atoms with Crippen molar-refractivity contribution in [1.29, 1.82) is 0 Å². The van der Waals surface area contributed by atoms with E-state index in [1.54, 1.807) is 18.2 Å². The zero-order valence-electron chi connectivity index (χ0n) is 12.4. The van der Waals surface area contributed by atoms with Crippen molar-refractivity contribution in [3.05, 3.63) is 50.9 Å². The van der Waals surface area contributed by atoms with Gasteiger partial charge in [-0.3, -0.25) is 9.59 Å². The Morgan fingerprint density at radius 1 is 1.22 bits per heavy atom. The van der Waals surface area contributed by atoms with Gasteiger partial charge in [0, 0.05) is 12.3 Å². The lowest BCUT2D eigenvalue weighted by Crippen LogP contribution is -2.27. The van der Waals surface area contributed by atoms with Crippen LogP contribution >= 0.6 is 23.2 Å². The van der Waals surface area contributed by atoms with Crippen molar-refractivity contribution >= 4 is 34.8 Å². The van der Waals surface area contributed by atoms with Gasteiger partial charge in [0.25, 0.3) is 5.56 Å². The molecule has 2 rings (SSSR count). The van der Waals surface area contributed by atoms with Crippen molar-refractivity contribution in [2.24, 2.45) is 0 Å². The van der Waals surface area contributed by atoms with Gasteiger partial charge >= 0.3 is 0 Å². The first-order valence-electron chi connectivity index (χ1n) is 6.52. The lowest BCUT2D eigenvalue weighted by atomic mass is 10.2. The molecule has 122 valence electrons. The Labute approximate surface area is 142 Å². The molecule has 1 aromatic carbocycles. The summed E-state index contributed by atoms with van der Waals surface area (Å²) in [5.74, 6) is 0.594. The molecule has 1 amide bonds. The molecule has 1 heterocycles. The molecule has 0 radical (unpaired) electrons. The summed E-state index contributed by atoms with van der Waals surface area (Å²) in [5.41, 5.74) is -0.0677. The number of hydrogen-bond acceptors (Lipinski definition) is 4. The Kier molecular flexibility index (Phi) is 5.52. The van der Waals surface area contributed by atoms with Crippen molar-refractivity contribution in [2.75, 3.05) is 19.5 Å². The van der Waals surface area contributed by atoms with E-state index in [2.05, 4.69) is 5.32 Å². The van der Waals surface area contributed by atoms with Gasteiger partial charge in [0.05, 0.1) is 24.9 Å². The lowest BCUT2D eigenvalue weighted by Gasteiger charge is -2.12. The quantitative estimate of drug-likeness (QED) is 0.894. The van der Waals surface area contributed by atoms with Crippen molar-refractivity contribution in [1.82, 2.24) is 4.57 Å². The SMILES string of the molecule is COc1ccc(OC)c(NC(=O)Cn2cc(Cl)cc(Cl)c2=O)c1. The molecule has 0 aliphatic rings. The van der Waals surface area contributed by atoms with E-state index in [1.165, 1.54) is 26.5 Å². The molecule has 1 aromatic heterocycles. The third-order valence-corrected chi connectivity index (χ3v) is 3.48. The summed E-state index contributed by atoms with van der Waals surface area (Å²) in [6.07, 6.45) is 1.35. The van der Waals surface area contributed by atoms with Crippen molar-refractivity contribution in [3.8, 4) is 11.5 Å². The molecule has 23 heavy (non-hydrogen) atoms. The average molecular weight is 357 g/mol. The minimum absolute atomic E-state index is 0.0516. The number of pyridine rings is 1. The summed E-state index contributed by atoms with van der Waals surface area (Å²) >= 11 is 11.6.